The molecular weight excluding hydrogens is 236 g/mol. The number of rotatable bonds is 1. The van der Waals surface area contributed by atoms with E-state index in [0.29, 0.717) is 22.3 Å². The van der Waals surface area contributed by atoms with Gasteiger partial charge in [0.15, 0.2) is 0 Å². The summed E-state index contributed by atoms with van der Waals surface area (Å²) in [5.74, 6) is 1.33. The van der Waals surface area contributed by atoms with Crippen LogP contribution in [0.4, 0.5) is 0 Å². The maximum Gasteiger partial charge on any atom is 0.139 e. The first-order valence-electron chi connectivity index (χ1n) is 7.65. The molecule has 18 heavy (non-hydrogen) atoms. The molecule has 0 radical (unpaired) electrons. The molecule has 2 aliphatic carbocycles. The Morgan fingerprint density at radius 3 is 2.33 bits per heavy atom. The van der Waals surface area contributed by atoms with E-state index >= 15 is 0 Å². The van der Waals surface area contributed by atoms with Crippen molar-refractivity contribution in [1.82, 2.24) is 0 Å². The maximum atomic E-state index is 13.0. The summed E-state index contributed by atoms with van der Waals surface area (Å²) in [7, 11) is -1.52. The summed E-state index contributed by atoms with van der Waals surface area (Å²) < 4.78 is 0. The first-order chi connectivity index (χ1) is 8.11. The van der Waals surface area contributed by atoms with Gasteiger partial charge in [0.1, 0.15) is 5.78 Å². The third-order valence-electron chi connectivity index (χ3n) is 6.60. The van der Waals surface area contributed by atoms with E-state index in [1.807, 2.05) is 0 Å². The van der Waals surface area contributed by atoms with Gasteiger partial charge < -0.3 is 0 Å². The van der Waals surface area contributed by atoms with E-state index in [1.165, 1.54) is 25.7 Å². The number of fused-ring (bicyclic) bond motifs is 1. The van der Waals surface area contributed by atoms with Gasteiger partial charge in [-0.2, -0.15) is 0 Å². The van der Waals surface area contributed by atoms with Crippen molar-refractivity contribution in [2.45, 2.75) is 83.5 Å². The Balaban J connectivity index is 2.31. The fourth-order valence-electron chi connectivity index (χ4n) is 4.04. The molecule has 0 amide bonds. The van der Waals surface area contributed by atoms with Crippen LogP contribution in [0.2, 0.25) is 23.7 Å². The highest BCUT2D eigenvalue weighted by Gasteiger charge is 2.58. The Kier molecular flexibility index (Phi) is 3.33. The molecular formula is C16H30OSi. The average Bonchev–Trinajstić information content (AvgIpc) is 2.51. The van der Waals surface area contributed by atoms with Crippen molar-refractivity contribution in [3.05, 3.63) is 0 Å². The summed E-state index contributed by atoms with van der Waals surface area (Å²) in [5, 5.41) is 0.331. The lowest BCUT2D eigenvalue weighted by Crippen LogP contribution is -2.45. The minimum Gasteiger partial charge on any atom is -0.299 e. The third-order valence-corrected chi connectivity index (χ3v) is 12.7. The Labute approximate surface area is 114 Å². The predicted molar refractivity (Wildman–Crippen MR) is 80.6 cm³/mol. The van der Waals surface area contributed by atoms with E-state index in [2.05, 4.69) is 40.8 Å². The van der Waals surface area contributed by atoms with Crippen LogP contribution in [0.3, 0.4) is 0 Å². The monoisotopic (exact) mass is 266 g/mol. The normalized spacial score (nSPS) is 37.8. The molecule has 0 heterocycles. The van der Waals surface area contributed by atoms with Gasteiger partial charge in [-0.3, -0.25) is 4.79 Å². The van der Waals surface area contributed by atoms with Gasteiger partial charge in [0.05, 0.1) is 8.07 Å². The van der Waals surface area contributed by atoms with Crippen LogP contribution >= 0.6 is 0 Å². The Morgan fingerprint density at radius 1 is 1.22 bits per heavy atom. The Bertz CT molecular complexity index is 353. The molecule has 2 saturated carbocycles. The lowest BCUT2D eigenvalue weighted by atomic mass is 9.69. The molecule has 0 aromatic carbocycles. The quantitative estimate of drug-likeness (QED) is 0.608. The summed E-state index contributed by atoms with van der Waals surface area (Å²) in [4.78, 5) is 13.0. The molecule has 0 spiro atoms. The molecule has 0 aliphatic heterocycles. The zero-order valence-electron chi connectivity index (χ0n) is 13.1. The SMILES string of the molecule is CC12CCCCC1CC([Si](C)(C)C(C)(C)C)C2=O. The summed E-state index contributed by atoms with van der Waals surface area (Å²) >= 11 is 0. The fraction of sp³-hybridized carbons (Fsp3) is 0.938. The fourth-order valence-corrected chi connectivity index (χ4v) is 6.95. The van der Waals surface area contributed by atoms with E-state index in [9.17, 15) is 4.79 Å². The first kappa shape index (κ1) is 14.3. The topological polar surface area (TPSA) is 17.1 Å². The van der Waals surface area contributed by atoms with Gasteiger partial charge in [-0.05, 0) is 30.2 Å². The zero-order chi connectivity index (χ0) is 13.8. The minimum atomic E-state index is -1.52. The standard InChI is InChI=1S/C16H30OSi/c1-15(2,3)18(5,6)13-11-12-9-7-8-10-16(12,4)14(13)17/h12-13H,7-11H2,1-6H3. The molecule has 2 heteroatoms. The van der Waals surface area contributed by atoms with Crippen LogP contribution in [0.5, 0.6) is 0 Å². The van der Waals surface area contributed by atoms with Gasteiger partial charge in [0.25, 0.3) is 0 Å². The zero-order valence-corrected chi connectivity index (χ0v) is 14.1. The average molecular weight is 267 g/mol. The van der Waals surface area contributed by atoms with Gasteiger partial charge in [0.2, 0.25) is 0 Å². The van der Waals surface area contributed by atoms with Crippen molar-refractivity contribution < 1.29 is 4.79 Å². The Morgan fingerprint density at radius 2 is 1.83 bits per heavy atom. The van der Waals surface area contributed by atoms with Crippen molar-refractivity contribution >= 4 is 13.9 Å². The third kappa shape index (κ3) is 1.91. The second-order valence-corrected chi connectivity index (χ2v) is 14.1. The van der Waals surface area contributed by atoms with Gasteiger partial charge in [-0.1, -0.05) is 53.6 Å². The molecule has 0 N–H and O–H groups in total. The molecule has 1 nitrogen and oxygen atoms in total. The summed E-state index contributed by atoms with van der Waals surface area (Å²) in [6.45, 7) is 14.2. The summed E-state index contributed by atoms with van der Waals surface area (Å²) in [6.07, 6.45) is 6.27. The molecule has 0 bridgehead atoms. The lowest BCUT2D eigenvalue weighted by Gasteiger charge is -2.41. The molecule has 3 unspecified atom stereocenters. The van der Waals surface area contributed by atoms with Gasteiger partial charge in [0, 0.05) is 11.0 Å². The van der Waals surface area contributed by atoms with Gasteiger partial charge in [-0.25, -0.2) is 0 Å². The molecule has 3 atom stereocenters. The Hall–Kier alpha value is -0.113. The number of Topliss-reactive ketones (excluding diaryl/α,β-unsaturated/α-hetero) is 1. The molecule has 0 saturated heterocycles. The number of hydrogen-bond donors (Lipinski definition) is 0. The van der Waals surface area contributed by atoms with Crippen LogP contribution < -0.4 is 0 Å². The smallest absolute Gasteiger partial charge is 0.139 e. The van der Waals surface area contributed by atoms with Gasteiger partial charge >= 0.3 is 0 Å². The van der Waals surface area contributed by atoms with Crippen LogP contribution in [0.1, 0.15) is 59.8 Å². The van der Waals surface area contributed by atoms with Crippen molar-refractivity contribution in [1.29, 1.82) is 0 Å². The molecule has 0 aromatic rings. The first-order valence-corrected chi connectivity index (χ1v) is 10.7. The van der Waals surface area contributed by atoms with E-state index in [4.69, 9.17) is 0 Å². The summed E-state index contributed by atoms with van der Waals surface area (Å²) in [5.41, 5.74) is 0.448. The van der Waals surface area contributed by atoms with Gasteiger partial charge in [-0.15, -0.1) is 0 Å². The van der Waals surface area contributed by atoms with E-state index in [1.54, 1.807) is 0 Å². The van der Waals surface area contributed by atoms with Crippen LogP contribution in [-0.2, 0) is 4.79 Å². The molecule has 2 fully saturated rings. The van der Waals surface area contributed by atoms with Crippen molar-refractivity contribution in [3.8, 4) is 0 Å². The summed E-state index contributed by atoms with van der Waals surface area (Å²) in [6, 6.07) is 0. The minimum absolute atomic E-state index is 0.0401. The predicted octanol–water partition coefficient (Wildman–Crippen LogP) is 5.03. The van der Waals surface area contributed by atoms with E-state index in [0.717, 1.165) is 6.42 Å². The van der Waals surface area contributed by atoms with Crippen molar-refractivity contribution in [2.24, 2.45) is 11.3 Å². The van der Waals surface area contributed by atoms with E-state index in [-0.39, 0.29) is 5.41 Å². The largest absolute Gasteiger partial charge is 0.299 e. The number of carbonyl (C=O) groups excluding carboxylic acids is 1. The van der Waals surface area contributed by atoms with E-state index < -0.39 is 8.07 Å². The number of carbonyl (C=O) groups is 1. The molecule has 2 aliphatic rings. The second-order valence-electron chi connectivity index (χ2n) is 8.48. The highest BCUT2D eigenvalue weighted by molar-refractivity contribution is 6.84. The molecule has 104 valence electrons. The molecule has 2 rings (SSSR count). The van der Waals surface area contributed by atoms with Crippen molar-refractivity contribution in [3.63, 3.8) is 0 Å². The van der Waals surface area contributed by atoms with Crippen LogP contribution in [-0.4, -0.2) is 13.9 Å². The maximum absolute atomic E-state index is 13.0. The van der Waals surface area contributed by atoms with Crippen LogP contribution in [0.25, 0.3) is 0 Å². The number of ketones is 1. The lowest BCUT2D eigenvalue weighted by molar-refractivity contribution is -0.127. The van der Waals surface area contributed by atoms with Crippen LogP contribution in [0, 0.1) is 11.3 Å². The highest BCUT2D eigenvalue weighted by atomic mass is 28.3. The van der Waals surface area contributed by atoms with Crippen LogP contribution in [0.15, 0.2) is 0 Å². The highest BCUT2D eigenvalue weighted by Crippen LogP contribution is 2.59. The molecule has 0 aromatic heterocycles. The van der Waals surface area contributed by atoms with Crippen molar-refractivity contribution in [2.75, 3.05) is 0 Å². The second kappa shape index (κ2) is 4.19. The number of hydrogen-bond acceptors (Lipinski definition) is 1.